The van der Waals surface area contributed by atoms with E-state index in [1.165, 1.54) is 6.21 Å². The number of carbonyl (C=O) groups is 1. The normalized spacial score (nSPS) is 10.5. The van der Waals surface area contributed by atoms with Gasteiger partial charge in [0.15, 0.2) is 18.1 Å². The molecule has 126 valence electrons. The summed E-state index contributed by atoms with van der Waals surface area (Å²) in [5.74, 6) is 0.955. The highest BCUT2D eigenvalue weighted by molar-refractivity contribution is 5.91. The number of benzene rings is 2. The Morgan fingerprint density at radius 1 is 1.12 bits per heavy atom. The van der Waals surface area contributed by atoms with Crippen molar-refractivity contribution in [1.82, 2.24) is 0 Å². The standard InChI is InChI=1S/C18H20N2O4/c1-13-5-4-6-15(9-13)20-18(21)12-24-19-11-14-7-8-16(22-2)17(10-14)23-3/h4-11H,12H2,1-3H3,(H,20,21)/b19-11-. The Labute approximate surface area is 141 Å². The molecule has 6 nitrogen and oxygen atoms in total. The summed E-state index contributed by atoms with van der Waals surface area (Å²) in [6.45, 7) is 1.79. The molecule has 0 spiro atoms. The van der Waals surface area contributed by atoms with E-state index in [9.17, 15) is 4.79 Å². The molecule has 0 saturated carbocycles. The van der Waals surface area contributed by atoms with E-state index in [2.05, 4.69) is 10.5 Å². The molecule has 1 amide bonds. The van der Waals surface area contributed by atoms with Crippen molar-refractivity contribution in [2.45, 2.75) is 6.92 Å². The maximum atomic E-state index is 11.8. The lowest BCUT2D eigenvalue weighted by atomic mass is 10.2. The Morgan fingerprint density at radius 2 is 1.92 bits per heavy atom. The van der Waals surface area contributed by atoms with Gasteiger partial charge in [-0.25, -0.2) is 0 Å². The average molecular weight is 328 g/mol. The Kier molecular flexibility index (Phi) is 6.19. The molecule has 24 heavy (non-hydrogen) atoms. The van der Waals surface area contributed by atoms with Crippen LogP contribution >= 0.6 is 0 Å². The van der Waals surface area contributed by atoms with Gasteiger partial charge in [0.05, 0.1) is 20.4 Å². The van der Waals surface area contributed by atoms with Gasteiger partial charge in [-0.3, -0.25) is 4.79 Å². The number of aryl methyl sites for hydroxylation is 1. The van der Waals surface area contributed by atoms with E-state index in [0.717, 1.165) is 16.8 Å². The molecule has 0 unspecified atom stereocenters. The fourth-order valence-corrected chi connectivity index (χ4v) is 2.05. The lowest BCUT2D eigenvalue weighted by Crippen LogP contribution is -2.16. The molecule has 0 aromatic heterocycles. The van der Waals surface area contributed by atoms with Crippen LogP contribution in [-0.4, -0.2) is 32.9 Å². The van der Waals surface area contributed by atoms with Crippen LogP contribution in [0.15, 0.2) is 47.6 Å². The second-order valence-electron chi connectivity index (χ2n) is 5.04. The van der Waals surface area contributed by atoms with Crippen molar-refractivity contribution in [2.24, 2.45) is 5.16 Å². The Balaban J connectivity index is 1.85. The number of oxime groups is 1. The van der Waals surface area contributed by atoms with Gasteiger partial charge in [-0.2, -0.15) is 0 Å². The van der Waals surface area contributed by atoms with Crippen molar-refractivity contribution < 1.29 is 19.1 Å². The van der Waals surface area contributed by atoms with Crippen molar-refractivity contribution in [1.29, 1.82) is 0 Å². The summed E-state index contributed by atoms with van der Waals surface area (Å²) in [4.78, 5) is 16.8. The second-order valence-corrected chi connectivity index (χ2v) is 5.04. The van der Waals surface area contributed by atoms with E-state index in [-0.39, 0.29) is 12.5 Å². The van der Waals surface area contributed by atoms with Crippen LogP contribution in [0, 0.1) is 6.92 Å². The summed E-state index contributed by atoms with van der Waals surface area (Å²) in [6, 6.07) is 12.9. The third kappa shape index (κ3) is 5.01. The molecule has 0 heterocycles. The zero-order valence-electron chi connectivity index (χ0n) is 13.9. The van der Waals surface area contributed by atoms with Crippen molar-refractivity contribution in [3.8, 4) is 11.5 Å². The summed E-state index contributed by atoms with van der Waals surface area (Å²) in [6.07, 6.45) is 1.50. The predicted octanol–water partition coefficient (Wildman–Crippen LogP) is 3.00. The molecule has 2 aromatic rings. The molecule has 1 N–H and O–H groups in total. The number of rotatable bonds is 7. The Hall–Kier alpha value is -3.02. The molecular formula is C18H20N2O4. The number of hydrogen-bond acceptors (Lipinski definition) is 5. The lowest BCUT2D eigenvalue weighted by Gasteiger charge is -2.07. The SMILES string of the molecule is COc1ccc(/C=N\OCC(=O)Nc2cccc(C)c2)cc1OC. The first-order valence-corrected chi connectivity index (χ1v) is 7.36. The number of carbonyl (C=O) groups excluding carboxylic acids is 1. The summed E-state index contributed by atoms with van der Waals surface area (Å²) in [5.41, 5.74) is 2.57. The van der Waals surface area contributed by atoms with Crippen LogP contribution in [0.1, 0.15) is 11.1 Å². The zero-order valence-corrected chi connectivity index (χ0v) is 13.9. The minimum Gasteiger partial charge on any atom is -0.493 e. The average Bonchev–Trinajstić information content (AvgIpc) is 2.58. The van der Waals surface area contributed by atoms with Crippen molar-refractivity contribution >= 4 is 17.8 Å². The van der Waals surface area contributed by atoms with E-state index in [4.69, 9.17) is 14.3 Å². The summed E-state index contributed by atoms with van der Waals surface area (Å²) in [7, 11) is 3.13. The number of nitrogens with zero attached hydrogens (tertiary/aromatic N) is 1. The quantitative estimate of drug-likeness (QED) is 0.626. The highest BCUT2D eigenvalue weighted by Crippen LogP contribution is 2.26. The molecular weight excluding hydrogens is 308 g/mol. The number of ether oxygens (including phenoxy) is 2. The molecule has 2 rings (SSSR count). The van der Waals surface area contributed by atoms with Crippen LogP contribution in [0.3, 0.4) is 0 Å². The van der Waals surface area contributed by atoms with Crippen molar-refractivity contribution in [3.05, 3.63) is 53.6 Å². The Bertz CT molecular complexity index is 729. The molecule has 2 aromatic carbocycles. The van der Waals surface area contributed by atoms with Crippen LogP contribution in [-0.2, 0) is 9.63 Å². The van der Waals surface area contributed by atoms with Crippen LogP contribution < -0.4 is 14.8 Å². The third-order valence-corrected chi connectivity index (χ3v) is 3.18. The van der Waals surface area contributed by atoms with Gasteiger partial charge in [0.2, 0.25) is 0 Å². The molecule has 6 heteroatoms. The summed E-state index contributed by atoms with van der Waals surface area (Å²) < 4.78 is 10.4. The van der Waals surface area contributed by atoms with Crippen LogP contribution in [0.4, 0.5) is 5.69 Å². The molecule has 0 saturated heterocycles. The molecule has 0 aliphatic heterocycles. The first kappa shape index (κ1) is 17.3. The van der Waals surface area contributed by atoms with Gasteiger partial charge in [0, 0.05) is 11.3 Å². The molecule has 0 bridgehead atoms. The summed E-state index contributed by atoms with van der Waals surface area (Å²) in [5, 5.41) is 6.53. The first-order chi connectivity index (χ1) is 11.6. The first-order valence-electron chi connectivity index (χ1n) is 7.36. The fourth-order valence-electron chi connectivity index (χ4n) is 2.05. The van der Waals surface area contributed by atoms with E-state index < -0.39 is 0 Å². The third-order valence-electron chi connectivity index (χ3n) is 3.18. The molecule has 0 fully saturated rings. The maximum absolute atomic E-state index is 11.8. The van der Waals surface area contributed by atoms with E-state index >= 15 is 0 Å². The minimum absolute atomic E-state index is 0.169. The number of nitrogens with one attached hydrogen (secondary N) is 1. The van der Waals surface area contributed by atoms with Gasteiger partial charge >= 0.3 is 0 Å². The smallest absolute Gasteiger partial charge is 0.265 e. The fraction of sp³-hybridized carbons (Fsp3) is 0.222. The lowest BCUT2D eigenvalue weighted by molar-refractivity contribution is -0.120. The highest BCUT2D eigenvalue weighted by atomic mass is 16.6. The molecule has 0 aliphatic rings. The number of anilines is 1. The molecule has 0 atom stereocenters. The molecule has 0 radical (unpaired) electrons. The largest absolute Gasteiger partial charge is 0.493 e. The van der Waals surface area contributed by atoms with Gasteiger partial charge < -0.3 is 19.6 Å². The van der Waals surface area contributed by atoms with E-state index in [0.29, 0.717) is 11.5 Å². The Morgan fingerprint density at radius 3 is 2.62 bits per heavy atom. The van der Waals surface area contributed by atoms with E-state index in [1.54, 1.807) is 32.4 Å². The summed E-state index contributed by atoms with van der Waals surface area (Å²) >= 11 is 0. The van der Waals surface area contributed by atoms with Crippen LogP contribution in [0.5, 0.6) is 11.5 Å². The van der Waals surface area contributed by atoms with Gasteiger partial charge in [0.25, 0.3) is 5.91 Å². The minimum atomic E-state index is -0.273. The number of hydrogen-bond donors (Lipinski definition) is 1. The van der Waals surface area contributed by atoms with Crippen molar-refractivity contribution in [2.75, 3.05) is 26.1 Å². The topological polar surface area (TPSA) is 69.2 Å². The van der Waals surface area contributed by atoms with Crippen LogP contribution in [0.25, 0.3) is 0 Å². The van der Waals surface area contributed by atoms with Gasteiger partial charge in [-0.05, 0) is 42.8 Å². The highest BCUT2D eigenvalue weighted by Gasteiger charge is 2.04. The zero-order chi connectivity index (χ0) is 17.4. The predicted molar refractivity (Wildman–Crippen MR) is 92.9 cm³/mol. The van der Waals surface area contributed by atoms with Gasteiger partial charge in [-0.1, -0.05) is 17.3 Å². The van der Waals surface area contributed by atoms with Crippen molar-refractivity contribution in [3.63, 3.8) is 0 Å². The van der Waals surface area contributed by atoms with Gasteiger partial charge in [-0.15, -0.1) is 0 Å². The number of amides is 1. The van der Waals surface area contributed by atoms with Gasteiger partial charge in [0.1, 0.15) is 0 Å². The second kappa shape index (κ2) is 8.57. The van der Waals surface area contributed by atoms with Crippen LogP contribution in [0.2, 0.25) is 0 Å². The monoisotopic (exact) mass is 328 g/mol. The maximum Gasteiger partial charge on any atom is 0.265 e. The number of methoxy groups -OCH3 is 2. The van der Waals surface area contributed by atoms with E-state index in [1.807, 2.05) is 31.2 Å². The molecule has 0 aliphatic carbocycles.